The van der Waals surface area contributed by atoms with E-state index in [2.05, 4.69) is 17.9 Å². The minimum Gasteiger partial charge on any atom is -0.495 e. The van der Waals surface area contributed by atoms with Crippen LogP contribution in [0.3, 0.4) is 0 Å². The SMILES string of the molecule is COc1ccc(C)c2c1N(CC(O)CN1CCCC1=O)CCC2. The fraction of sp³-hybridized carbons (Fsp3) is 0.611. The molecule has 2 aliphatic rings. The molecule has 1 aromatic carbocycles. The Kier molecular flexibility index (Phi) is 4.76. The summed E-state index contributed by atoms with van der Waals surface area (Å²) in [4.78, 5) is 15.7. The number of carbonyl (C=O) groups is 1. The molecule has 5 nitrogen and oxygen atoms in total. The first-order chi connectivity index (χ1) is 11.1. The second kappa shape index (κ2) is 6.79. The lowest BCUT2D eigenvalue weighted by atomic mass is 9.96. The maximum absolute atomic E-state index is 11.7. The van der Waals surface area contributed by atoms with E-state index in [0.29, 0.717) is 19.5 Å². The summed E-state index contributed by atoms with van der Waals surface area (Å²) in [6.07, 6.45) is 3.12. The van der Waals surface area contributed by atoms with Crippen molar-refractivity contribution < 1.29 is 14.6 Å². The smallest absolute Gasteiger partial charge is 0.222 e. The normalized spacial score (nSPS) is 19.0. The van der Waals surface area contributed by atoms with E-state index in [1.165, 1.54) is 11.1 Å². The largest absolute Gasteiger partial charge is 0.495 e. The van der Waals surface area contributed by atoms with Gasteiger partial charge < -0.3 is 19.6 Å². The fourth-order valence-corrected chi connectivity index (χ4v) is 3.75. The number of ether oxygens (including phenoxy) is 1. The second-order valence-corrected chi connectivity index (χ2v) is 6.56. The van der Waals surface area contributed by atoms with Gasteiger partial charge in [0.1, 0.15) is 5.75 Å². The molecule has 1 aromatic rings. The Hall–Kier alpha value is -1.75. The Morgan fingerprint density at radius 1 is 1.17 bits per heavy atom. The number of carbonyl (C=O) groups excluding carboxylic acids is 1. The molecular weight excluding hydrogens is 292 g/mol. The number of anilines is 1. The minimum atomic E-state index is -0.534. The predicted octanol–water partition coefficient (Wildman–Crippen LogP) is 1.74. The van der Waals surface area contributed by atoms with Gasteiger partial charge >= 0.3 is 0 Å². The highest BCUT2D eigenvalue weighted by Gasteiger charge is 2.27. The molecule has 1 fully saturated rings. The van der Waals surface area contributed by atoms with Gasteiger partial charge in [0, 0.05) is 32.6 Å². The summed E-state index contributed by atoms with van der Waals surface area (Å²) >= 11 is 0. The van der Waals surface area contributed by atoms with Gasteiger partial charge in [-0.1, -0.05) is 6.07 Å². The molecule has 1 atom stereocenters. The number of fused-ring (bicyclic) bond motifs is 1. The quantitative estimate of drug-likeness (QED) is 0.898. The molecule has 0 aromatic heterocycles. The van der Waals surface area contributed by atoms with Crippen molar-refractivity contribution >= 4 is 11.6 Å². The molecule has 0 spiro atoms. The standard InChI is InChI=1S/C18H26N2O3/c1-13-7-8-16(23-2)18-15(13)5-3-10-20(18)12-14(21)11-19-9-4-6-17(19)22/h7-8,14,21H,3-6,9-12H2,1-2H3. The van der Waals surface area contributed by atoms with E-state index in [1.54, 1.807) is 12.0 Å². The molecule has 23 heavy (non-hydrogen) atoms. The number of benzene rings is 1. The number of β-amino-alcohol motifs (C(OH)–C–C–N with tert-alkyl or cyclic N) is 1. The van der Waals surface area contributed by atoms with E-state index in [-0.39, 0.29) is 5.91 Å². The first kappa shape index (κ1) is 16.1. The lowest BCUT2D eigenvalue weighted by Gasteiger charge is -2.35. The molecule has 1 N–H and O–H groups in total. The van der Waals surface area contributed by atoms with E-state index < -0.39 is 6.10 Å². The summed E-state index contributed by atoms with van der Waals surface area (Å²) in [7, 11) is 1.69. The van der Waals surface area contributed by atoms with Crippen molar-refractivity contribution in [3.63, 3.8) is 0 Å². The highest BCUT2D eigenvalue weighted by molar-refractivity contribution is 5.78. The molecule has 0 radical (unpaired) electrons. The molecule has 2 aliphatic heterocycles. The summed E-state index contributed by atoms with van der Waals surface area (Å²) in [5.41, 5.74) is 3.71. The van der Waals surface area contributed by atoms with Crippen molar-refractivity contribution in [3.8, 4) is 5.75 Å². The van der Waals surface area contributed by atoms with Crippen LogP contribution in [0.2, 0.25) is 0 Å². The van der Waals surface area contributed by atoms with Crippen LogP contribution in [0.4, 0.5) is 5.69 Å². The van der Waals surface area contributed by atoms with Crippen molar-refractivity contribution in [3.05, 3.63) is 23.3 Å². The molecule has 0 aliphatic carbocycles. The number of amides is 1. The summed E-state index contributed by atoms with van der Waals surface area (Å²) < 4.78 is 5.54. The Morgan fingerprint density at radius 2 is 1.87 bits per heavy atom. The van der Waals surface area contributed by atoms with Gasteiger partial charge in [-0.05, 0) is 43.4 Å². The lowest BCUT2D eigenvalue weighted by Crippen LogP contribution is -2.42. The first-order valence-electron chi connectivity index (χ1n) is 8.47. The molecule has 5 heteroatoms. The molecule has 2 heterocycles. The average molecular weight is 318 g/mol. The molecule has 1 amide bonds. The van der Waals surface area contributed by atoms with E-state index in [0.717, 1.165) is 43.8 Å². The summed E-state index contributed by atoms with van der Waals surface area (Å²) in [6, 6.07) is 4.10. The van der Waals surface area contributed by atoms with E-state index in [9.17, 15) is 9.90 Å². The van der Waals surface area contributed by atoms with Crippen LogP contribution >= 0.6 is 0 Å². The van der Waals surface area contributed by atoms with Gasteiger partial charge in [-0.3, -0.25) is 4.79 Å². The molecule has 3 rings (SSSR count). The summed E-state index contributed by atoms with van der Waals surface area (Å²) in [5.74, 6) is 1.03. The van der Waals surface area contributed by atoms with Crippen molar-refractivity contribution in [1.29, 1.82) is 0 Å². The maximum atomic E-state index is 11.7. The Labute approximate surface area is 137 Å². The number of aliphatic hydroxyl groups is 1. The van der Waals surface area contributed by atoms with Crippen molar-refractivity contribution in [1.82, 2.24) is 4.90 Å². The number of aryl methyl sites for hydroxylation is 1. The molecule has 1 saturated heterocycles. The Bertz CT molecular complexity index is 588. The highest BCUT2D eigenvalue weighted by Crippen LogP contribution is 2.38. The summed E-state index contributed by atoms with van der Waals surface area (Å²) in [6.45, 7) is 4.78. The number of methoxy groups -OCH3 is 1. The van der Waals surface area contributed by atoms with Gasteiger partial charge in [0.25, 0.3) is 0 Å². The van der Waals surface area contributed by atoms with Crippen LogP contribution < -0.4 is 9.64 Å². The summed E-state index contributed by atoms with van der Waals surface area (Å²) in [5, 5.41) is 10.5. The zero-order valence-electron chi connectivity index (χ0n) is 14.0. The van der Waals surface area contributed by atoms with Crippen molar-refractivity contribution in [2.24, 2.45) is 0 Å². The van der Waals surface area contributed by atoms with E-state index >= 15 is 0 Å². The molecular formula is C18H26N2O3. The van der Waals surface area contributed by atoms with Crippen LogP contribution in [0.25, 0.3) is 0 Å². The van der Waals surface area contributed by atoms with E-state index in [1.807, 2.05) is 6.07 Å². The van der Waals surface area contributed by atoms with Crippen LogP contribution in [0.15, 0.2) is 12.1 Å². The van der Waals surface area contributed by atoms with Crippen LogP contribution in [0.1, 0.15) is 30.4 Å². The highest BCUT2D eigenvalue weighted by atomic mass is 16.5. The zero-order chi connectivity index (χ0) is 16.4. The molecule has 0 bridgehead atoms. The van der Waals surface area contributed by atoms with Gasteiger partial charge in [0.2, 0.25) is 5.91 Å². The van der Waals surface area contributed by atoms with Crippen LogP contribution in [0.5, 0.6) is 5.75 Å². The topological polar surface area (TPSA) is 53.0 Å². The third-order valence-corrected chi connectivity index (χ3v) is 4.90. The van der Waals surface area contributed by atoms with Gasteiger partial charge in [0.05, 0.1) is 18.9 Å². The Morgan fingerprint density at radius 3 is 2.57 bits per heavy atom. The number of aliphatic hydroxyl groups excluding tert-OH is 1. The number of rotatable bonds is 5. The van der Waals surface area contributed by atoms with Crippen molar-refractivity contribution in [2.75, 3.05) is 38.2 Å². The lowest BCUT2D eigenvalue weighted by molar-refractivity contribution is -0.128. The third kappa shape index (κ3) is 3.29. The second-order valence-electron chi connectivity index (χ2n) is 6.56. The average Bonchev–Trinajstić information content (AvgIpc) is 2.93. The van der Waals surface area contributed by atoms with Crippen LogP contribution in [0, 0.1) is 6.92 Å². The van der Waals surface area contributed by atoms with Gasteiger partial charge in [-0.2, -0.15) is 0 Å². The predicted molar refractivity (Wildman–Crippen MR) is 90.1 cm³/mol. The molecule has 0 saturated carbocycles. The van der Waals surface area contributed by atoms with E-state index in [4.69, 9.17) is 4.74 Å². The number of hydrogen-bond acceptors (Lipinski definition) is 4. The minimum absolute atomic E-state index is 0.163. The van der Waals surface area contributed by atoms with Gasteiger partial charge in [-0.25, -0.2) is 0 Å². The molecule has 126 valence electrons. The molecule has 1 unspecified atom stereocenters. The monoisotopic (exact) mass is 318 g/mol. The number of nitrogens with zero attached hydrogens (tertiary/aromatic N) is 2. The van der Waals surface area contributed by atoms with Gasteiger partial charge in [-0.15, -0.1) is 0 Å². The van der Waals surface area contributed by atoms with Crippen LogP contribution in [-0.4, -0.2) is 55.3 Å². The number of likely N-dealkylation sites (tertiary alicyclic amines) is 1. The maximum Gasteiger partial charge on any atom is 0.222 e. The fourth-order valence-electron chi connectivity index (χ4n) is 3.75. The first-order valence-corrected chi connectivity index (χ1v) is 8.47. The van der Waals surface area contributed by atoms with Gasteiger partial charge in [0.15, 0.2) is 0 Å². The van der Waals surface area contributed by atoms with Crippen molar-refractivity contribution in [2.45, 2.75) is 38.7 Å². The number of hydrogen-bond donors (Lipinski definition) is 1. The zero-order valence-corrected chi connectivity index (χ0v) is 14.0. The third-order valence-electron chi connectivity index (χ3n) is 4.90. The Balaban J connectivity index is 1.75. The van der Waals surface area contributed by atoms with Crippen LogP contribution in [-0.2, 0) is 11.2 Å².